The number of thiazole rings is 1. The van der Waals surface area contributed by atoms with Gasteiger partial charge in [-0.3, -0.25) is 9.59 Å². The van der Waals surface area contributed by atoms with E-state index in [9.17, 15) is 19.5 Å². The molecule has 1 aromatic heterocycles. The minimum absolute atomic E-state index is 0.0201. The summed E-state index contributed by atoms with van der Waals surface area (Å²) in [6, 6.07) is -1.78. The molecular formula is C21H27N5O5S2. The Labute approximate surface area is 199 Å². The standard InChI is InChI=1S/C21H27N5O5S2/c1-20(2)14(18(29)30)26-16(28)13(17(26)33-20)24-15(27)12(11-9-32-19(22)23-11)25-31-21-6-3-10(4-7-21)5-8-21/h9-10,13-14,17H,3-8H2,1-2H3,(H2,22,23)(H,24,27)(H,29,30)/b25-12-/t10?,13-,14-,17+,21?/m0/s1. The Morgan fingerprint density at radius 3 is 2.55 bits per heavy atom. The van der Waals surface area contributed by atoms with Gasteiger partial charge in [0.15, 0.2) is 10.8 Å². The fourth-order valence-electron chi connectivity index (χ4n) is 5.44. The molecule has 2 aliphatic heterocycles. The lowest BCUT2D eigenvalue weighted by Gasteiger charge is -2.44. The molecular weight excluding hydrogens is 466 g/mol. The van der Waals surface area contributed by atoms with Crippen molar-refractivity contribution in [3.8, 4) is 0 Å². The van der Waals surface area contributed by atoms with Gasteiger partial charge in [-0.05, 0) is 58.3 Å². The summed E-state index contributed by atoms with van der Waals surface area (Å²) in [7, 11) is 0. The van der Waals surface area contributed by atoms with Crippen LogP contribution in [0.1, 0.15) is 58.1 Å². The molecule has 33 heavy (non-hydrogen) atoms. The summed E-state index contributed by atoms with van der Waals surface area (Å²) in [6.45, 7) is 3.58. The second-order valence-corrected chi connectivity index (χ2v) is 12.5. The Kier molecular flexibility index (Phi) is 5.35. The summed E-state index contributed by atoms with van der Waals surface area (Å²) >= 11 is 2.56. The zero-order valence-electron chi connectivity index (χ0n) is 18.4. The molecule has 2 saturated heterocycles. The van der Waals surface area contributed by atoms with E-state index in [0.717, 1.165) is 44.4 Å². The highest BCUT2D eigenvalue weighted by Gasteiger charge is 2.64. The fourth-order valence-corrected chi connectivity index (χ4v) is 7.62. The Balaban J connectivity index is 1.35. The van der Waals surface area contributed by atoms with Crippen LogP contribution < -0.4 is 11.1 Å². The SMILES string of the molecule is CC1(C)S[C@@H]2[C@@H](NC(=O)/C(=N\OC34CCC(CC3)CC4)c3csc(N)n3)C(=O)N2[C@H]1C(=O)O. The van der Waals surface area contributed by atoms with E-state index in [0.29, 0.717) is 10.8 Å². The number of aromatic nitrogens is 1. The summed E-state index contributed by atoms with van der Waals surface area (Å²) in [5.74, 6) is -1.29. The number of amides is 2. The maximum Gasteiger partial charge on any atom is 0.327 e. The van der Waals surface area contributed by atoms with Crippen LogP contribution >= 0.6 is 23.1 Å². The molecule has 5 fully saturated rings. The molecule has 2 bridgehead atoms. The average molecular weight is 494 g/mol. The summed E-state index contributed by atoms with van der Waals surface area (Å²) < 4.78 is -0.673. The van der Waals surface area contributed by atoms with Gasteiger partial charge in [-0.25, -0.2) is 9.78 Å². The lowest BCUT2D eigenvalue weighted by Crippen LogP contribution is -2.71. The van der Waals surface area contributed by atoms with E-state index in [1.54, 1.807) is 19.2 Å². The summed E-state index contributed by atoms with van der Waals surface area (Å²) in [5, 5.41) is 18.1. The number of aliphatic carboxylic acids is 1. The molecule has 1 aromatic rings. The van der Waals surface area contributed by atoms with Gasteiger partial charge in [0.25, 0.3) is 5.91 Å². The first-order valence-electron chi connectivity index (χ1n) is 11.1. The highest BCUT2D eigenvalue weighted by Crippen LogP contribution is 2.51. The third-order valence-electron chi connectivity index (χ3n) is 7.30. The summed E-state index contributed by atoms with van der Waals surface area (Å²) in [4.78, 5) is 49.3. The van der Waals surface area contributed by atoms with Crippen LogP contribution in [0.5, 0.6) is 0 Å². The topological polar surface area (TPSA) is 147 Å². The zero-order chi connectivity index (χ0) is 23.5. The number of anilines is 1. The molecule has 0 radical (unpaired) electrons. The van der Waals surface area contributed by atoms with Crippen molar-refractivity contribution >= 4 is 51.7 Å². The molecule has 10 nitrogen and oxygen atoms in total. The van der Waals surface area contributed by atoms with Crippen LogP contribution in [-0.4, -0.2) is 66.3 Å². The Morgan fingerprint density at radius 2 is 1.97 bits per heavy atom. The van der Waals surface area contributed by atoms with E-state index in [1.807, 2.05) is 0 Å². The van der Waals surface area contributed by atoms with Gasteiger partial charge >= 0.3 is 5.97 Å². The molecule has 178 valence electrons. The Morgan fingerprint density at radius 1 is 1.30 bits per heavy atom. The first-order chi connectivity index (χ1) is 15.6. The average Bonchev–Trinajstić information content (AvgIpc) is 3.31. The highest BCUT2D eigenvalue weighted by molar-refractivity contribution is 8.01. The number of hydrogen-bond acceptors (Lipinski definition) is 9. The van der Waals surface area contributed by atoms with Gasteiger partial charge in [-0.2, -0.15) is 0 Å². The predicted molar refractivity (Wildman–Crippen MR) is 124 cm³/mol. The van der Waals surface area contributed by atoms with Crippen LogP contribution in [0, 0.1) is 5.92 Å². The van der Waals surface area contributed by atoms with Gasteiger partial charge in [0.2, 0.25) is 5.91 Å². The second kappa shape index (κ2) is 7.86. The lowest BCUT2D eigenvalue weighted by atomic mass is 9.68. The van der Waals surface area contributed by atoms with Crippen molar-refractivity contribution in [3.63, 3.8) is 0 Å². The van der Waals surface area contributed by atoms with Gasteiger partial charge in [-0.15, -0.1) is 23.1 Å². The number of oxime groups is 1. The van der Waals surface area contributed by atoms with Gasteiger partial charge in [0.05, 0.1) is 0 Å². The number of carboxylic acid groups (broad SMARTS) is 1. The summed E-state index contributed by atoms with van der Waals surface area (Å²) in [6.07, 6.45) is 6.05. The smallest absolute Gasteiger partial charge is 0.327 e. The number of thioether (sulfide) groups is 1. The molecule has 4 N–H and O–H groups in total. The monoisotopic (exact) mass is 493 g/mol. The quantitative estimate of drug-likeness (QED) is 0.309. The maximum atomic E-state index is 13.2. The molecule has 6 rings (SSSR count). The van der Waals surface area contributed by atoms with E-state index in [-0.39, 0.29) is 11.3 Å². The second-order valence-electron chi connectivity index (χ2n) is 9.82. The molecule has 0 spiro atoms. The molecule has 0 aromatic carbocycles. The van der Waals surface area contributed by atoms with Gasteiger partial charge < -0.3 is 25.9 Å². The van der Waals surface area contributed by atoms with E-state index in [4.69, 9.17) is 10.6 Å². The van der Waals surface area contributed by atoms with Crippen LogP contribution in [0.25, 0.3) is 0 Å². The van der Waals surface area contributed by atoms with Crippen molar-refractivity contribution in [3.05, 3.63) is 11.1 Å². The van der Waals surface area contributed by atoms with Crippen LogP contribution in [0.4, 0.5) is 5.13 Å². The Bertz CT molecular complexity index is 1020. The number of nitrogens with zero attached hydrogens (tertiary/aromatic N) is 3. The zero-order valence-corrected chi connectivity index (χ0v) is 20.1. The van der Waals surface area contributed by atoms with Crippen molar-refractivity contribution in [2.24, 2.45) is 11.1 Å². The number of fused-ring (bicyclic) bond motifs is 4. The number of nitrogens with one attached hydrogen (secondary N) is 1. The molecule has 12 heteroatoms. The first-order valence-corrected chi connectivity index (χ1v) is 12.9. The fraction of sp³-hybridized carbons (Fsp3) is 0.667. The third kappa shape index (κ3) is 3.76. The van der Waals surface area contributed by atoms with Gasteiger partial charge in [0.1, 0.15) is 28.8 Å². The number of β-lactam (4-membered cyclic amide) rings is 1. The highest BCUT2D eigenvalue weighted by atomic mass is 32.2. The van der Waals surface area contributed by atoms with Gasteiger partial charge in [-0.1, -0.05) is 5.16 Å². The minimum atomic E-state index is -1.05. The lowest BCUT2D eigenvalue weighted by molar-refractivity contribution is -0.160. The molecule has 3 aliphatic carbocycles. The number of nitrogen functional groups attached to an aromatic ring is 1. The summed E-state index contributed by atoms with van der Waals surface area (Å²) in [5.41, 5.74) is 5.70. The van der Waals surface area contributed by atoms with Crippen molar-refractivity contribution in [1.29, 1.82) is 0 Å². The molecule has 0 unspecified atom stereocenters. The molecule has 2 amide bonds. The first kappa shape index (κ1) is 22.5. The maximum absolute atomic E-state index is 13.2. The number of hydrogen-bond donors (Lipinski definition) is 3. The van der Waals surface area contributed by atoms with Crippen molar-refractivity contribution in [2.45, 2.75) is 80.2 Å². The van der Waals surface area contributed by atoms with Crippen LogP contribution in [0.15, 0.2) is 10.5 Å². The number of nitrogens with two attached hydrogens (primary N) is 1. The molecule has 3 saturated carbocycles. The van der Waals surface area contributed by atoms with E-state index in [1.165, 1.54) is 28.0 Å². The molecule has 3 atom stereocenters. The third-order valence-corrected chi connectivity index (χ3v) is 9.54. The molecule has 5 aliphatic rings. The Hall–Kier alpha value is -2.34. The number of rotatable bonds is 6. The minimum Gasteiger partial charge on any atom is -0.480 e. The molecule has 3 heterocycles. The number of carbonyl (C=O) groups is 3. The van der Waals surface area contributed by atoms with E-state index in [2.05, 4.69) is 15.5 Å². The predicted octanol–water partition coefficient (Wildman–Crippen LogP) is 1.80. The largest absolute Gasteiger partial charge is 0.480 e. The van der Waals surface area contributed by atoms with E-state index < -0.39 is 40.0 Å². The van der Waals surface area contributed by atoms with Gasteiger partial charge in [0, 0.05) is 10.1 Å². The van der Waals surface area contributed by atoms with Crippen LogP contribution in [-0.2, 0) is 19.2 Å². The van der Waals surface area contributed by atoms with Crippen molar-refractivity contribution in [2.75, 3.05) is 5.73 Å². The number of carbonyl (C=O) groups excluding carboxylic acids is 2. The van der Waals surface area contributed by atoms with E-state index >= 15 is 0 Å². The van der Waals surface area contributed by atoms with Crippen molar-refractivity contribution in [1.82, 2.24) is 15.2 Å². The van der Waals surface area contributed by atoms with Crippen LogP contribution in [0.3, 0.4) is 0 Å². The van der Waals surface area contributed by atoms with Crippen molar-refractivity contribution < 1.29 is 24.3 Å². The van der Waals surface area contributed by atoms with Crippen LogP contribution in [0.2, 0.25) is 0 Å². The normalized spacial score (nSPS) is 34.5. The number of carboxylic acids is 1.